The Morgan fingerprint density at radius 1 is 1.09 bits per heavy atom. The van der Waals surface area contributed by atoms with Gasteiger partial charge in [-0.25, -0.2) is 4.98 Å². The van der Waals surface area contributed by atoms with Gasteiger partial charge in [-0.2, -0.15) is 0 Å². The van der Waals surface area contributed by atoms with E-state index in [0.717, 1.165) is 28.9 Å². The third kappa shape index (κ3) is 5.98. The molecule has 0 N–H and O–H groups in total. The first kappa shape index (κ1) is 26.6. The molecule has 0 saturated carbocycles. The van der Waals surface area contributed by atoms with E-state index in [-0.39, 0.29) is 43.0 Å². The number of carbonyl (C=O) groups excluding carboxylic acids is 3. The zero-order valence-electron chi connectivity index (χ0n) is 20.0. The van der Waals surface area contributed by atoms with Gasteiger partial charge in [0.25, 0.3) is 5.91 Å². The summed E-state index contributed by atoms with van der Waals surface area (Å²) in [5, 5.41) is 0.603. The fraction of sp³-hybridized carbons (Fsp3) is 0.360. The second kappa shape index (κ2) is 11.6. The molecule has 35 heavy (non-hydrogen) atoms. The second-order valence-corrected chi connectivity index (χ2v) is 9.35. The number of ether oxygens (including phenoxy) is 1. The van der Waals surface area contributed by atoms with E-state index in [1.807, 2.05) is 39.2 Å². The average molecular weight is 517 g/mol. The van der Waals surface area contributed by atoms with Crippen LogP contribution in [0.4, 0.5) is 10.8 Å². The van der Waals surface area contributed by atoms with Crippen LogP contribution in [0.1, 0.15) is 36.5 Å². The minimum atomic E-state index is -0.242. The predicted molar refractivity (Wildman–Crippen MR) is 141 cm³/mol. The summed E-state index contributed by atoms with van der Waals surface area (Å²) in [7, 11) is 3.99. The molecule has 3 aromatic rings. The Balaban J connectivity index is 0.00000342. The van der Waals surface area contributed by atoms with Gasteiger partial charge in [0, 0.05) is 24.9 Å². The van der Waals surface area contributed by atoms with Gasteiger partial charge in [0.05, 0.1) is 22.5 Å². The summed E-state index contributed by atoms with van der Waals surface area (Å²) in [5.74, 6) is 0.0644. The van der Waals surface area contributed by atoms with E-state index < -0.39 is 0 Å². The molecule has 186 valence electrons. The molecule has 1 fully saturated rings. The van der Waals surface area contributed by atoms with Gasteiger partial charge in [-0.15, -0.1) is 12.4 Å². The van der Waals surface area contributed by atoms with Crippen LogP contribution in [-0.4, -0.2) is 61.4 Å². The number of halogens is 1. The van der Waals surface area contributed by atoms with Crippen molar-refractivity contribution in [3.05, 3.63) is 48.0 Å². The molecule has 0 atom stereocenters. The number of amides is 3. The molecule has 0 aliphatic carbocycles. The quantitative estimate of drug-likeness (QED) is 0.393. The molecule has 3 amide bonds. The summed E-state index contributed by atoms with van der Waals surface area (Å²) in [4.78, 5) is 47.7. The number of fused-ring (bicyclic) bond motifs is 1. The molecule has 0 unspecified atom stereocenters. The Hall–Kier alpha value is -3.01. The van der Waals surface area contributed by atoms with E-state index >= 15 is 0 Å². The topological polar surface area (TPSA) is 83.1 Å². The highest BCUT2D eigenvalue weighted by atomic mass is 35.5. The summed E-state index contributed by atoms with van der Waals surface area (Å²) < 4.78 is 6.54. The fourth-order valence-corrected chi connectivity index (χ4v) is 4.91. The van der Waals surface area contributed by atoms with Crippen molar-refractivity contribution in [1.29, 1.82) is 0 Å². The van der Waals surface area contributed by atoms with Crippen molar-refractivity contribution in [2.24, 2.45) is 0 Å². The summed E-state index contributed by atoms with van der Waals surface area (Å²) in [6.07, 6.45) is 1.16. The van der Waals surface area contributed by atoms with Gasteiger partial charge in [-0.05, 0) is 70.4 Å². The number of hydrogen-bond donors (Lipinski definition) is 0. The number of rotatable bonds is 9. The lowest BCUT2D eigenvalue weighted by Gasteiger charge is -2.22. The van der Waals surface area contributed by atoms with Crippen LogP contribution in [0, 0.1) is 0 Å². The number of carbonyl (C=O) groups is 3. The maximum Gasteiger partial charge on any atom is 0.260 e. The highest BCUT2D eigenvalue weighted by Crippen LogP contribution is 2.33. The standard InChI is InChI=1S/C25H28N4O4S.ClH/c1-4-33-19-9-10-20-21(16-19)34-25(26-20)28(14-6-13-27(2)3)24(32)17-7-5-8-18(15-17)29-22(30)11-12-23(29)31;/h5,7-10,15-16H,4,6,11-14H2,1-3H3;1H. The SMILES string of the molecule is CCOc1ccc2nc(N(CCCN(C)C)C(=O)c3cccc(N4C(=O)CCC4=O)c3)sc2c1.Cl. The number of benzene rings is 2. The largest absolute Gasteiger partial charge is 0.494 e. The smallest absolute Gasteiger partial charge is 0.260 e. The molecule has 1 aromatic heterocycles. The highest BCUT2D eigenvalue weighted by Gasteiger charge is 2.31. The van der Waals surface area contributed by atoms with Crippen LogP contribution in [0.25, 0.3) is 10.2 Å². The summed E-state index contributed by atoms with van der Waals surface area (Å²) in [5.41, 5.74) is 1.64. The summed E-state index contributed by atoms with van der Waals surface area (Å²) in [6.45, 7) is 3.82. The third-order valence-electron chi connectivity index (χ3n) is 5.53. The minimum absolute atomic E-state index is 0. The Kier molecular flexibility index (Phi) is 8.82. The molecule has 4 rings (SSSR count). The van der Waals surface area contributed by atoms with Crippen LogP contribution in [-0.2, 0) is 9.59 Å². The predicted octanol–water partition coefficient (Wildman–Crippen LogP) is 4.37. The number of anilines is 2. The van der Waals surface area contributed by atoms with E-state index in [9.17, 15) is 14.4 Å². The normalized spacial score (nSPS) is 13.4. The Morgan fingerprint density at radius 2 is 1.83 bits per heavy atom. The zero-order chi connectivity index (χ0) is 24.2. The summed E-state index contributed by atoms with van der Waals surface area (Å²) in [6, 6.07) is 12.4. The van der Waals surface area contributed by atoms with E-state index in [4.69, 9.17) is 9.72 Å². The first-order chi connectivity index (χ1) is 16.4. The molecule has 2 aromatic carbocycles. The third-order valence-corrected chi connectivity index (χ3v) is 6.57. The maximum atomic E-state index is 13.7. The van der Waals surface area contributed by atoms with Crippen molar-refractivity contribution in [1.82, 2.24) is 9.88 Å². The molecule has 0 radical (unpaired) electrons. The molecule has 1 saturated heterocycles. The first-order valence-electron chi connectivity index (χ1n) is 11.3. The van der Waals surface area contributed by atoms with Gasteiger partial charge in [0.1, 0.15) is 5.75 Å². The second-order valence-electron chi connectivity index (χ2n) is 8.35. The van der Waals surface area contributed by atoms with Gasteiger partial charge in [-0.1, -0.05) is 17.4 Å². The van der Waals surface area contributed by atoms with E-state index in [2.05, 4.69) is 4.90 Å². The van der Waals surface area contributed by atoms with Gasteiger partial charge >= 0.3 is 0 Å². The molecule has 2 heterocycles. The number of aromatic nitrogens is 1. The Labute approximate surface area is 214 Å². The first-order valence-corrected chi connectivity index (χ1v) is 12.1. The van der Waals surface area contributed by atoms with Gasteiger partial charge in [0.15, 0.2) is 5.13 Å². The van der Waals surface area contributed by atoms with Crippen molar-refractivity contribution >= 4 is 62.5 Å². The van der Waals surface area contributed by atoms with Crippen LogP contribution in [0.3, 0.4) is 0 Å². The fourth-order valence-electron chi connectivity index (χ4n) is 3.89. The number of hydrogen-bond acceptors (Lipinski definition) is 7. The Morgan fingerprint density at radius 3 is 2.51 bits per heavy atom. The number of nitrogens with zero attached hydrogens (tertiary/aromatic N) is 4. The van der Waals surface area contributed by atoms with Crippen LogP contribution in [0.5, 0.6) is 5.75 Å². The summed E-state index contributed by atoms with van der Waals surface area (Å²) >= 11 is 1.44. The maximum absolute atomic E-state index is 13.7. The lowest BCUT2D eigenvalue weighted by atomic mass is 10.1. The molecular weight excluding hydrogens is 488 g/mol. The van der Waals surface area contributed by atoms with Gasteiger partial charge < -0.3 is 9.64 Å². The number of imide groups is 1. The lowest BCUT2D eigenvalue weighted by Crippen LogP contribution is -2.34. The average Bonchev–Trinajstić information content (AvgIpc) is 3.38. The van der Waals surface area contributed by atoms with Crippen LogP contribution in [0.15, 0.2) is 42.5 Å². The van der Waals surface area contributed by atoms with Crippen molar-refractivity contribution in [3.63, 3.8) is 0 Å². The highest BCUT2D eigenvalue weighted by molar-refractivity contribution is 7.22. The van der Waals surface area contributed by atoms with Crippen molar-refractivity contribution in [2.75, 3.05) is 43.6 Å². The monoisotopic (exact) mass is 516 g/mol. The molecule has 10 heteroatoms. The zero-order valence-corrected chi connectivity index (χ0v) is 21.7. The lowest BCUT2D eigenvalue weighted by molar-refractivity contribution is -0.121. The molecule has 8 nitrogen and oxygen atoms in total. The van der Waals surface area contributed by atoms with Crippen LogP contribution < -0.4 is 14.5 Å². The molecule has 0 spiro atoms. The molecule has 1 aliphatic heterocycles. The minimum Gasteiger partial charge on any atom is -0.494 e. The number of thiazole rings is 1. The van der Waals surface area contributed by atoms with Gasteiger partial charge in [-0.3, -0.25) is 24.2 Å². The van der Waals surface area contributed by atoms with Crippen molar-refractivity contribution in [3.8, 4) is 5.75 Å². The van der Waals surface area contributed by atoms with Crippen LogP contribution >= 0.6 is 23.7 Å². The molecular formula is C25H29ClN4O4S. The van der Waals surface area contributed by atoms with E-state index in [1.165, 1.54) is 16.2 Å². The Bertz CT molecular complexity index is 1210. The molecule has 1 aliphatic rings. The van der Waals surface area contributed by atoms with E-state index in [0.29, 0.717) is 29.5 Å². The van der Waals surface area contributed by atoms with Crippen molar-refractivity contribution < 1.29 is 19.1 Å². The van der Waals surface area contributed by atoms with Crippen LogP contribution in [0.2, 0.25) is 0 Å². The van der Waals surface area contributed by atoms with E-state index in [1.54, 1.807) is 29.2 Å². The van der Waals surface area contributed by atoms with Crippen molar-refractivity contribution in [2.45, 2.75) is 26.2 Å². The van der Waals surface area contributed by atoms with Gasteiger partial charge in [0.2, 0.25) is 11.8 Å². The molecule has 0 bridgehead atoms.